The van der Waals surface area contributed by atoms with E-state index in [1.165, 1.54) is 12.1 Å². The summed E-state index contributed by atoms with van der Waals surface area (Å²) < 4.78 is 13.0. The highest BCUT2D eigenvalue weighted by Gasteiger charge is 2.26. The molecule has 0 spiro atoms. The minimum atomic E-state index is -0.213. The number of likely N-dealkylation sites (tertiary alicyclic amines) is 1. The van der Waals surface area contributed by atoms with E-state index in [1.54, 1.807) is 0 Å². The number of nitrogens with zero attached hydrogens (tertiary/aromatic N) is 1. The number of halogens is 1. The van der Waals surface area contributed by atoms with Crippen molar-refractivity contribution in [3.05, 3.63) is 71.5 Å². The molecule has 3 nitrogen and oxygen atoms in total. The summed E-state index contributed by atoms with van der Waals surface area (Å²) in [6.07, 6.45) is 1.94. The summed E-state index contributed by atoms with van der Waals surface area (Å²) in [6, 6.07) is 16.7. The first-order chi connectivity index (χ1) is 12.1. The topological polar surface area (TPSA) is 32.3 Å². The summed E-state index contributed by atoms with van der Waals surface area (Å²) in [4.78, 5) is 14.9. The van der Waals surface area contributed by atoms with Crippen molar-refractivity contribution in [3.63, 3.8) is 0 Å². The number of amides is 1. The molecule has 0 aromatic heterocycles. The lowest BCUT2D eigenvalue weighted by atomic mass is 9.96. The SMILES string of the molecule is C[C@H](NC(=O)[C@H]1CCCN(Cc2ccc(F)cc2)C1)c1ccccc1. The first-order valence-corrected chi connectivity index (χ1v) is 8.94. The molecule has 1 N–H and O–H groups in total. The van der Waals surface area contributed by atoms with Crippen LogP contribution >= 0.6 is 0 Å². The Morgan fingerprint density at radius 1 is 1.20 bits per heavy atom. The van der Waals surface area contributed by atoms with E-state index in [0.717, 1.165) is 43.6 Å². The number of benzene rings is 2. The van der Waals surface area contributed by atoms with Gasteiger partial charge < -0.3 is 5.32 Å². The molecule has 2 aromatic carbocycles. The molecule has 1 amide bonds. The van der Waals surface area contributed by atoms with E-state index < -0.39 is 0 Å². The van der Waals surface area contributed by atoms with Crippen molar-refractivity contribution >= 4 is 5.91 Å². The van der Waals surface area contributed by atoms with E-state index in [-0.39, 0.29) is 23.7 Å². The van der Waals surface area contributed by atoms with Crippen LogP contribution in [0.15, 0.2) is 54.6 Å². The van der Waals surface area contributed by atoms with Crippen LogP contribution in [0, 0.1) is 11.7 Å². The van der Waals surface area contributed by atoms with Gasteiger partial charge in [-0.15, -0.1) is 0 Å². The Hall–Kier alpha value is -2.20. The zero-order chi connectivity index (χ0) is 17.6. The van der Waals surface area contributed by atoms with Crippen molar-refractivity contribution < 1.29 is 9.18 Å². The van der Waals surface area contributed by atoms with Gasteiger partial charge in [-0.1, -0.05) is 42.5 Å². The molecule has 4 heteroatoms. The van der Waals surface area contributed by atoms with Gasteiger partial charge >= 0.3 is 0 Å². The monoisotopic (exact) mass is 340 g/mol. The zero-order valence-corrected chi connectivity index (χ0v) is 14.6. The average Bonchev–Trinajstić information content (AvgIpc) is 2.64. The Morgan fingerprint density at radius 2 is 1.92 bits per heavy atom. The lowest BCUT2D eigenvalue weighted by molar-refractivity contribution is -0.127. The number of carbonyl (C=O) groups is 1. The molecular weight excluding hydrogens is 315 g/mol. The van der Waals surface area contributed by atoms with Crippen LogP contribution in [-0.4, -0.2) is 23.9 Å². The fraction of sp³-hybridized carbons (Fsp3) is 0.381. The molecule has 0 aliphatic carbocycles. The number of hydrogen-bond donors (Lipinski definition) is 1. The molecular formula is C21H25FN2O. The Bertz CT molecular complexity index is 687. The quantitative estimate of drug-likeness (QED) is 0.895. The van der Waals surface area contributed by atoms with Gasteiger partial charge in [-0.25, -0.2) is 4.39 Å². The summed E-state index contributed by atoms with van der Waals surface area (Å²) in [7, 11) is 0. The van der Waals surface area contributed by atoms with Gasteiger partial charge in [-0.05, 0) is 49.6 Å². The van der Waals surface area contributed by atoms with Crippen LogP contribution in [0.4, 0.5) is 4.39 Å². The van der Waals surface area contributed by atoms with Crippen LogP contribution in [0.25, 0.3) is 0 Å². The third-order valence-electron chi connectivity index (χ3n) is 4.85. The number of hydrogen-bond acceptors (Lipinski definition) is 2. The molecule has 1 heterocycles. The fourth-order valence-electron chi connectivity index (χ4n) is 3.42. The largest absolute Gasteiger partial charge is 0.349 e. The third kappa shape index (κ3) is 4.89. The number of nitrogens with one attached hydrogen (secondary N) is 1. The van der Waals surface area contributed by atoms with Gasteiger partial charge in [0.05, 0.1) is 12.0 Å². The van der Waals surface area contributed by atoms with Gasteiger partial charge in [0.25, 0.3) is 0 Å². The van der Waals surface area contributed by atoms with E-state index in [0.29, 0.717) is 0 Å². The van der Waals surface area contributed by atoms with Crippen LogP contribution < -0.4 is 5.32 Å². The molecule has 0 radical (unpaired) electrons. The first kappa shape index (κ1) is 17.6. The Morgan fingerprint density at radius 3 is 2.64 bits per heavy atom. The molecule has 25 heavy (non-hydrogen) atoms. The van der Waals surface area contributed by atoms with Crippen molar-refractivity contribution in [3.8, 4) is 0 Å². The molecule has 2 atom stereocenters. The first-order valence-electron chi connectivity index (χ1n) is 8.94. The standard InChI is InChI=1S/C21H25FN2O/c1-16(18-6-3-2-4-7-18)23-21(25)19-8-5-13-24(15-19)14-17-9-11-20(22)12-10-17/h2-4,6-7,9-12,16,19H,5,8,13-15H2,1H3,(H,23,25)/t16-,19-/m0/s1. The highest BCUT2D eigenvalue weighted by Crippen LogP contribution is 2.20. The normalized spacial score (nSPS) is 19.4. The van der Waals surface area contributed by atoms with Gasteiger partial charge in [0, 0.05) is 13.1 Å². The van der Waals surface area contributed by atoms with Gasteiger partial charge in [0.2, 0.25) is 5.91 Å². The fourth-order valence-corrected chi connectivity index (χ4v) is 3.42. The second-order valence-electron chi connectivity index (χ2n) is 6.84. The maximum absolute atomic E-state index is 13.0. The molecule has 0 saturated carbocycles. The molecule has 2 aromatic rings. The van der Waals surface area contributed by atoms with Crippen molar-refractivity contribution in [1.29, 1.82) is 0 Å². The highest BCUT2D eigenvalue weighted by atomic mass is 19.1. The predicted octanol–water partition coefficient (Wildman–Crippen LogP) is 3.92. The van der Waals surface area contributed by atoms with Gasteiger partial charge in [0.15, 0.2) is 0 Å². The molecule has 3 rings (SSSR count). The molecule has 1 aliphatic heterocycles. The van der Waals surface area contributed by atoms with Crippen LogP contribution in [0.5, 0.6) is 0 Å². The molecule has 0 unspecified atom stereocenters. The van der Waals surface area contributed by atoms with E-state index >= 15 is 0 Å². The van der Waals surface area contributed by atoms with Crippen LogP contribution in [0.1, 0.15) is 36.9 Å². The molecule has 1 fully saturated rings. The Balaban J connectivity index is 1.55. The maximum atomic E-state index is 13.0. The lowest BCUT2D eigenvalue weighted by Gasteiger charge is -2.32. The molecule has 1 aliphatic rings. The summed E-state index contributed by atoms with van der Waals surface area (Å²) >= 11 is 0. The molecule has 132 valence electrons. The number of rotatable bonds is 5. The Labute approximate surface area is 148 Å². The second kappa shape index (κ2) is 8.26. The van der Waals surface area contributed by atoms with Crippen LogP contribution in [-0.2, 0) is 11.3 Å². The highest BCUT2D eigenvalue weighted by molar-refractivity contribution is 5.79. The van der Waals surface area contributed by atoms with E-state index in [9.17, 15) is 9.18 Å². The minimum Gasteiger partial charge on any atom is -0.349 e. The predicted molar refractivity (Wildman–Crippen MR) is 97.4 cm³/mol. The van der Waals surface area contributed by atoms with Gasteiger partial charge in [0.1, 0.15) is 5.82 Å². The Kier molecular flexibility index (Phi) is 5.82. The van der Waals surface area contributed by atoms with E-state index in [1.807, 2.05) is 49.4 Å². The van der Waals surface area contributed by atoms with E-state index in [4.69, 9.17) is 0 Å². The zero-order valence-electron chi connectivity index (χ0n) is 14.6. The van der Waals surface area contributed by atoms with Gasteiger partial charge in [-0.3, -0.25) is 9.69 Å². The summed E-state index contributed by atoms with van der Waals surface area (Å²) in [5, 5.41) is 3.14. The smallest absolute Gasteiger partial charge is 0.224 e. The summed E-state index contributed by atoms with van der Waals surface area (Å²) in [6.45, 7) is 4.52. The lowest BCUT2D eigenvalue weighted by Crippen LogP contribution is -2.43. The number of piperidine rings is 1. The van der Waals surface area contributed by atoms with Crippen LogP contribution in [0.3, 0.4) is 0 Å². The average molecular weight is 340 g/mol. The van der Waals surface area contributed by atoms with Crippen molar-refractivity contribution in [2.45, 2.75) is 32.4 Å². The number of carbonyl (C=O) groups excluding carboxylic acids is 1. The van der Waals surface area contributed by atoms with Crippen LogP contribution in [0.2, 0.25) is 0 Å². The summed E-state index contributed by atoms with van der Waals surface area (Å²) in [5.41, 5.74) is 2.20. The van der Waals surface area contributed by atoms with Crippen molar-refractivity contribution in [2.75, 3.05) is 13.1 Å². The van der Waals surface area contributed by atoms with Gasteiger partial charge in [-0.2, -0.15) is 0 Å². The van der Waals surface area contributed by atoms with Crippen molar-refractivity contribution in [1.82, 2.24) is 10.2 Å². The van der Waals surface area contributed by atoms with E-state index in [2.05, 4.69) is 10.2 Å². The van der Waals surface area contributed by atoms with Crippen molar-refractivity contribution in [2.24, 2.45) is 5.92 Å². The summed E-state index contributed by atoms with van der Waals surface area (Å²) in [5.74, 6) is -0.0740. The molecule has 1 saturated heterocycles. The third-order valence-corrected chi connectivity index (χ3v) is 4.85. The minimum absolute atomic E-state index is 0.0142. The maximum Gasteiger partial charge on any atom is 0.224 e. The second-order valence-corrected chi connectivity index (χ2v) is 6.84. The molecule has 0 bridgehead atoms.